The van der Waals surface area contributed by atoms with E-state index in [-0.39, 0.29) is 5.56 Å². The topological polar surface area (TPSA) is 71.4 Å². The number of hydrogen-bond donors (Lipinski definition) is 2. The van der Waals surface area contributed by atoms with Gasteiger partial charge in [0.15, 0.2) is 5.82 Å². The molecule has 1 saturated heterocycles. The van der Waals surface area contributed by atoms with E-state index in [4.69, 9.17) is 16.3 Å². The summed E-state index contributed by atoms with van der Waals surface area (Å²) in [4.78, 5) is 19.3. The Kier molecular flexibility index (Phi) is 7.85. The molecule has 0 amide bonds. The van der Waals surface area contributed by atoms with Crippen LogP contribution in [0.2, 0.25) is 5.02 Å². The first-order valence-corrected chi connectivity index (χ1v) is 10.1. The van der Waals surface area contributed by atoms with Crippen molar-refractivity contribution in [3.05, 3.63) is 57.1 Å². The molecule has 152 valence electrons. The van der Waals surface area contributed by atoms with E-state index in [0.717, 1.165) is 49.1 Å². The van der Waals surface area contributed by atoms with E-state index in [9.17, 15) is 4.79 Å². The van der Waals surface area contributed by atoms with Gasteiger partial charge in [-0.05, 0) is 24.6 Å². The van der Waals surface area contributed by atoms with Crippen molar-refractivity contribution in [1.82, 2.24) is 19.8 Å². The van der Waals surface area contributed by atoms with Gasteiger partial charge < -0.3 is 19.9 Å². The second-order valence-corrected chi connectivity index (χ2v) is 7.33. The minimum absolute atomic E-state index is 0.0773. The van der Waals surface area contributed by atoms with Gasteiger partial charge >= 0.3 is 0 Å². The van der Waals surface area contributed by atoms with E-state index < -0.39 is 0 Å². The molecular weight excluding hydrogens is 378 g/mol. The van der Waals surface area contributed by atoms with Crippen LogP contribution in [0.5, 0.6) is 0 Å². The summed E-state index contributed by atoms with van der Waals surface area (Å²) >= 11 is 6.01. The fourth-order valence-corrected chi connectivity index (χ4v) is 3.41. The van der Waals surface area contributed by atoms with Crippen molar-refractivity contribution < 1.29 is 4.74 Å². The smallest absolute Gasteiger partial charge is 0.293 e. The average Bonchev–Trinajstić information content (AvgIpc) is 2.70. The molecule has 3 rings (SSSR count). The van der Waals surface area contributed by atoms with E-state index in [0.29, 0.717) is 32.0 Å². The highest BCUT2D eigenvalue weighted by atomic mass is 35.5. The average molecular weight is 406 g/mol. The summed E-state index contributed by atoms with van der Waals surface area (Å²) < 4.78 is 7.11. The largest absolute Gasteiger partial charge is 0.379 e. The lowest BCUT2D eigenvalue weighted by atomic mass is 10.2. The Morgan fingerprint density at radius 1 is 1.21 bits per heavy atom. The van der Waals surface area contributed by atoms with Gasteiger partial charge in [0.1, 0.15) is 0 Å². The van der Waals surface area contributed by atoms with Gasteiger partial charge in [-0.2, -0.15) is 0 Å². The van der Waals surface area contributed by atoms with Crippen LogP contribution in [0.15, 0.2) is 35.3 Å². The first-order valence-electron chi connectivity index (χ1n) is 9.69. The van der Waals surface area contributed by atoms with E-state index in [2.05, 4.69) is 20.5 Å². The maximum Gasteiger partial charge on any atom is 0.293 e. The van der Waals surface area contributed by atoms with Crippen molar-refractivity contribution in [2.45, 2.75) is 20.0 Å². The molecule has 8 heteroatoms. The van der Waals surface area contributed by atoms with E-state index >= 15 is 0 Å². The molecule has 1 aromatic heterocycles. The Labute approximate surface area is 170 Å². The number of nitrogens with one attached hydrogen (secondary N) is 2. The second kappa shape index (κ2) is 10.6. The summed E-state index contributed by atoms with van der Waals surface area (Å²) in [6.07, 6.45) is 1.75. The molecule has 0 atom stereocenters. The number of anilines is 1. The quantitative estimate of drug-likeness (QED) is 0.619. The lowest BCUT2D eigenvalue weighted by Gasteiger charge is -2.26. The first kappa shape index (κ1) is 20.8. The van der Waals surface area contributed by atoms with Crippen LogP contribution in [0.4, 0.5) is 5.82 Å². The van der Waals surface area contributed by atoms with Gasteiger partial charge in [-0.1, -0.05) is 23.7 Å². The molecule has 0 saturated carbocycles. The number of nitrogens with zero attached hydrogens (tertiary/aromatic N) is 3. The third-order valence-corrected chi connectivity index (χ3v) is 5.04. The Morgan fingerprint density at radius 3 is 2.82 bits per heavy atom. The van der Waals surface area contributed by atoms with E-state index in [1.54, 1.807) is 10.8 Å². The SMILES string of the molecule is Cc1cnc(NCCN2CCOCC2)c(=O)n1CCNCc1cccc(Cl)c1. The van der Waals surface area contributed by atoms with Crippen molar-refractivity contribution >= 4 is 17.4 Å². The second-order valence-electron chi connectivity index (χ2n) is 6.89. The summed E-state index contributed by atoms with van der Waals surface area (Å²) in [7, 11) is 0. The van der Waals surface area contributed by atoms with Crippen LogP contribution in [0, 0.1) is 6.92 Å². The summed E-state index contributed by atoms with van der Waals surface area (Å²) in [5, 5.41) is 7.28. The summed E-state index contributed by atoms with van der Waals surface area (Å²) in [6, 6.07) is 7.76. The van der Waals surface area contributed by atoms with Crippen LogP contribution >= 0.6 is 11.6 Å². The predicted octanol–water partition coefficient (Wildman–Crippen LogP) is 1.74. The van der Waals surface area contributed by atoms with Crippen LogP contribution < -0.4 is 16.2 Å². The zero-order chi connectivity index (χ0) is 19.8. The van der Waals surface area contributed by atoms with Gasteiger partial charge in [0.05, 0.1) is 13.2 Å². The van der Waals surface area contributed by atoms with Crippen molar-refractivity contribution in [2.75, 3.05) is 51.3 Å². The zero-order valence-electron chi connectivity index (χ0n) is 16.3. The minimum atomic E-state index is -0.0773. The standard InChI is InChI=1S/C20H28ClN5O2/c1-16-14-24-19(23-6-7-25-9-11-28-12-10-25)20(27)26(16)8-5-22-15-17-3-2-4-18(21)13-17/h2-4,13-14,22H,5-12,15H2,1H3,(H,23,24). The number of morpholine rings is 1. The highest BCUT2D eigenvalue weighted by Crippen LogP contribution is 2.10. The normalized spacial score (nSPS) is 14.9. The Balaban J connectivity index is 1.49. The minimum Gasteiger partial charge on any atom is -0.379 e. The third kappa shape index (κ3) is 6.04. The number of hydrogen-bond acceptors (Lipinski definition) is 6. The zero-order valence-corrected chi connectivity index (χ0v) is 17.0. The Bertz CT molecular complexity index is 820. The van der Waals surface area contributed by atoms with Gasteiger partial charge in [0.25, 0.3) is 5.56 Å². The highest BCUT2D eigenvalue weighted by molar-refractivity contribution is 6.30. The molecule has 0 aliphatic carbocycles. The number of aromatic nitrogens is 2. The highest BCUT2D eigenvalue weighted by Gasteiger charge is 2.11. The van der Waals surface area contributed by atoms with Gasteiger partial charge in [0, 0.05) is 62.7 Å². The van der Waals surface area contributed by atoms with Crippen molar-refractivity contribution in [1.29, 1.82) is 0 Å². The molecule has 2 heterocycles. The fraction of sp³-hybridized carbons (Fsp3) is 0.500. The molecule has 2 aromatic rings. The van der Waals surface area contributed by atoms with Crippen molar-refractivity contribution in [3.8, 4) is 0 Å². The molecule has 0 bridgehead atoms. The van der Waals surface area contributed by atoms with E-state index in [1.807, 2.05) is 31.2 Å². The van der Waals surface area contributed by atoms with Crippen LogP contribution in [-0.4, -0.2) is 60.4 Å². The van der Waals surface area contributed by atoms with E-state index in [1.165, 1.54) is 0 Å². The molecule has 0 spiro atoms. The van der Waals surface area contributed by atoms with Gasteiger partial charge in [-0.3, -0.25) is 9.69 Å². The molecule has 7 nitrogen and oxygen atoms in total. The molecule has 28 heavy (non-hydrogen) atoms. The predicted molar refractivity (Wildman–Crippen MR) is 112 cm³/mol. The molecule has 1 aromatic carbocycles. The van der Waals surface area contributed by atoms with Crippen LogP contribution in [0.1, 0.15) is 11.3 Å². The fourth-order valence-electron chi connectivity index (χ4n) is 3.20. The number of benzene rings is 1. The molecular formula is C20H28ClN5O2. The molecule has 2 N–H and O–H groups in total. The number of halogens is 1. The maximum absolute atomic E-state index is 12.7. The lowest BCUT2D eigenvalue weighted by molar-refractivity contribution is 0.0398. The molecule has 0 radical (unpaired) electrons. The monoisotopic (exact) mass is 405 g/mol. The lowest BCUT2D eigenvalue weighted by Crippen LogP contribution is -2.39. The number of aryl methyl sites for hydroxylation is 1. The maximum atomic E-state index is 12.7. The van der Waals surface area contributed by atoms with Crippen LogP contribution in [0.25, 0.3) is 0 Å². The van der Waals surface area contributed by atoms with Crippen LogP contribution in [-0.2, 0) is 17.8 Å². The summed E-state index contributed by atoms with van der Waals surface area (Å²) in [5.41, 5.74) is 1.90. The molecule has 0 unspecified atom stereocenters. The van der Waals surface area contributed by atoms with Crippen molar-refractivity contribution in [2.24, 2.45) is 0 Å². The summed E-state index contributed by atoms with van der Waals surface area (Å²) in [6.45, 7) is 8.88. The van der Waals surface area contributed by atoms with Crippen molar-refractivity contribution in [3.63, 3.8) is 0 Å². The molecule has 1 aliphatic heterocycles. The molecule has 1 aliphatic rings. The molecule has 1 fully saturated rings. The summed E-state index contributed by atoms with van der Waals surface area (Å²) in [5.74, 6) is 0.411. The number of ether oxygens (including phenoxy) is 1. The van der Waals surface area contributed by atoms with Gasteiger partial charge in [-0.25, -0.2) is 4.98 Å². The third-order valence-electron chi connectivity index (χ3n) is 4.81. The van der Waals surface area contributed by atoms with Gasteiger partial charge in [-0.15, -0.1) is 0 Å². The number of rotatable bonds is 9. The Hall–Kier alpha value is -1.93. The van der Waals surface area contributed by atoms with Gasteiger partial charge in [0.2, 0.25) is 0 Å². The van der Waals surface area contributed by atoms with Crippen LogP contribution in [0.3, 0.4) is 0 Å². The first-order chi connectivity index (χ1) is 13.6. The Morgan fingerprint density at radius 2 is 2.04 bits per heavy atom.